The topological polar surface area (TPSA) is 93.0 Å². The minimum Gasteiger partial charge on any atom is -0.399 e. The Balaban J connectivity index is 1.76. The molecule has 1 fully saturated rings. The molecule has 0 radical (unpaired) electrons. The van der Waals surface area contributed by atoms with Gasteiger partial charge in [-0.05, 0) is 18.2 Å². The van der Waals surface area contributed by atoms with Crippen molar-refractivity contribution >= 4 is 22.4 Å². The Morgan fingerprint density at radius 3 is 2.86 bits per heavy atom. The quantitative estimate of drug-likeness (QED) is 0.695. The predicted octanol–water partition coefficient (Wildman–Crippen LogP) is 1.44. The van der Waals surface area contributed by atoms with E-state index in [9.17, 15) is 0 Å². The van der Waals surface area contributed by atoms with Crippen molar-refractivity contribution in [3.63, 3.8) is 0 Å². The second-order valence-corrected chi connectivity index (χ2v) is 5.24. The summed E-state index contributed by atoms with van der Waals surface area (Å²) in [6, 6.07) is 7.64. The minimum atomic E-state index is 0.706. The van der Waals surface area contributed by atoms with Crippen molar-refractivity contribution in [2.45, 2.75) is 0 Å². The molecule has 0 atom stereocenters. The second kappa shape index (κ2) is 5.27. The van der Waals surface area contributed by atoms with E-state index in [1.54, 1.807) is 6.33 Å². The molecule has 3 heterocycles. The van der Waals surface area contributed by atoms with E-state index in [1.807, 2.05) is 24.3 Å². The Morgan fingerprint density at radius 2 is 2.00 bits per heavy atom. The molecule has 0 aliphatic carbocycles. The first-order chi connectivity index (χ1) is 10.8. The zero-order valence-electron chi connectivity index (χ0n) is 12.0. The molecule has 1 saturated heterocycles. The molecule has 0 bridgehead atoms. The monoisotopic (exact) mass is 296 g/mol. The molecular formula is C15H16N6O. The summed E-state index contributed by atoms with van der Waals surface area (Å²) in [5, 5.41) is 8.36. The predicted molar refractivity (Wildman–Crippen MR) is 84.6 cm³/mol. The number of nitrogen functional groups attached to an aromatic ring is 1. The van der Waals surface area contributed by atoms with Gasteiger partial charge >= 0.3 is 0 Å². The zero-order chi connectivity index (χ0) is 14.9. The fraction of sp³-hybridized carbons (Fsp3) is 0.267. The maximum absolute atomic E-state index is 5.88. The van der Waals surface area contributed by atoms with Gasteiger partial charge in [-0.15, -0.1) is 0 Å². The number of fused-ring (bicyclic) bond motifs is 1. The number of hydrogen-bond acceptors (Lipinski definition) is 6. The van der Waals surface area contributed by atoms with E-state index in [4.69, 9.17) is 10.5 Å². The van der Waals surface area contributed by atoms with Crippen LogP contribution in [0.5, 0.6) is 0 Å². The fourth-order valence-corrected chi connectivity index (χ4v) is 2.67. The van der Waals surface area contributed by atoms with Crippen LogP contribution in [-0.2, 0) is 4.74 Å². The summed E-state index contributed by atoms with van der Waals surface area (Å²) in [6.07, 6.45) is 1.58. The summed E-state index contributed by atoms with van der Waals surface area (Å²) < 4.78 is 5.38. The number of morpholine rings is 1. The molecule has 0 unspecified atom stereocenters. The van der Waals surface area contributed by atoms with Crippen molar-refractivity contribution in [3.05, 3.63) is 30.6 Å². The standard InChI is InChI=1S/C15H16N6O/c16-10-1-2-12-11(7-10)15(20-19-12)13-8-14(18-9-17-13)21-3-5-22-6-4-21/h1-2,7-9H,3-6,16H2,(H,19,20). The van der Waals surface area contributed by atoms with Crippen LogP contribution in [0.1, 0.15) is 0 Å². The first kappa shape index (κ1) is 13.0. The number of anilines is 2. The molecule has 2 aromatic heterocycles. The average Bonchev–Trinajstić information content (AvgIpc) is 2.99. The van der Waals surface area contributed by atoms with Crippen LogP contribution in [0.15, 0.2) is 30.6 Å². The van der Waals surface area contributed by atoms with Crippen LogP contribution < -0.4 is 10.6 Å². The number of nitrogens with one attached hydrogen (secondary N) is 1. The first-order valence-corrected chi connectivity index (χ1v) is 7.20. The number of ether oxygens (including phenoxy) is 1. The molecule has 112 valence electrons. The Kier molecular flexibility index (Phi) is 3.12. The van der Waals surface area contributed by atoms with Gasteiger partial charge in [-0.25, -0.2) is 9.97 Å². The molecule has 1 aliphatic rings. The van der Waals surface area contributed by atoms with Gasteiger partial charge in [-0.2, -0.15) is 5.10 Å². The molecule has 22 heavy (non-hydrogen) atoms. The largest absolute Gasteiger partial charge is 0.399 e. The van der Waals surface area contributed by atoms with Gasteiger partial charge in [0.15, 0.2) is 0 Å². The Bertz CT molecular complexity index is 809. The van der Waals surface area contributed by atoms with Crippen molar-refractivity contribution in [2.24, 2.45) is 0 Å². The number of nitrogens with zero attached hydrogens (tertiary/aromatic N) is 4. The van der Waals surface area contributed by atoms with Crippen LogP contribution in [0.2, 0.25) is 0 Å². The van der Waals surface area contributed by atoms with Crippen LogP contribution in [0.3, 0.4) is 0 Å². The van der Waals surface area contributed by atoms with Crippen LogP contribution in [0, 0.1) is 0 Å². The highest BCUT2D eigenvalue weighted by Gasteiger charge is 2.15. The summed E-state index contributed by atoms with van der Waals surface area (Å²) in [7, 11) is 0. The highest BCUT2D eigenvalue weighted by atomic mass is 16.5. The summed E-state index contributed by atoms with van der Waals surface area (Å²) >= 11 is 0. The molecule has 1 aromatic carbocycles. The molecule has 0 spiro atoms. The number of H-pyrrole nitrogens is 1. The Labute approximate surface area is 127 Å². The van der Waals surface area contributed by atoms with Crippen molar-refractivity contribution < 1.29 is 4.74 Å². The lowest BCUT2D eigenvalue weighted by atomic mass is 10.1. The number of hydrogen-bond donors (Lipinski definition) is 2. The molecule has 7 heteroatoms. The molecular weight excluding hydrogens is 280 g/mol. The average molecular weight is 296 g/mol. The molecule has 0 amide bonds. The number of aromatic amines is 1. The van der Waals surface area contributed by atoms with Gasteiger partial charge in [0.2, 0.25) is 0 Å². The van der Waals surface area contributed by atoms with Gasteiger partial charge in [-0.1, -0.05) is 0 Å². The lowest BCUT2D eigenvalue weighted by Gasteiger charge is -2.27. The van der Waals surface area contributed by atoms with Crippen LogP contribution in [-0.4, -0.2) is 46.5 Å². The summed E-state index contributed by atoms with van der Waals surface area (Å²) in [4.78, 5) is 10.9. The van der Waals surface area contributed by atoms with Crippen LogP contribution >= 0.6 is 0 Å². The van der Waals surface area contributed by atoms with Gasteiger partial charge in [0, 0.05) is 30.2 Å². The first-order valence-electron chi connectivity index (χ1n) is 7.20. The van der Waals surface area contributed by atoms with Crippen molar-refractivity contribution in [2.75, 3.05) is 36.9 Å². The number of rotatable bonds is 2. The van der Waals surface area contributed by atoms with Gasteiger partial charge in [0.25, 0.3) is 0 Å². The van der Waals surface area contributed by atoms with Crippen molar-refractivity contribution in [1.82, 2.24) is 20.2 Å². The third kappa shape index (κ3) is 2.25. The maximum atomic E-state index is 5.88. The Morgan fingerprint density at radius 1 is 1.14 bits per heavy atom. The lowest BCUT2D eigenvalue weighted by molar-refractivity contribution is 0.122. The molecule has 4 rings (SSSR count). The van der Waals surface area contributed by atoms with E-state index in [2.05, 4.69) is 25.1 Å². The molecule has 0 saturated carbocycles. The van der Waals surface area contributed by atoms with E-state index >= 15 is 0 Å². The fourth-order valence-electron chi connectivity index (χ4n) is 2.67. The summed E-state index contributed by atoms with van der Waals surface area (Å²) in [5.74, 6) is 0.897. The SMILES string of the molecule is Nc1ccc2[nH]nc(-c3cc(N4CCOCC4)ncn3)c2c1. The second-order valence-electron chi connectivity index (χ2n) is 5.24. The highest BCUT2D eigenvalue weighted by molar-refractivity contribution is 5.94. The van der Waals surface area contributed by atoms with E-state index in [0.717, 1.165) is 54.4 Å². The molecule has 3 aromatic rings. The number of nitrogens with two attached hydrogens (primary N) is 1. The van der Waals surface area contributed by atoms with Crippen molar-refractivity contribution in [3.8, 4) is 11.4 Å². The van der Waals surface area contributed by atoms with E-state index in [0.29, 0.717) is 5.69 Å². The Hall–Kier alpha value is -2.67. The molecule has 7 nitrogen and oxygen atoms in total. The van der Waals surface area contributed by atoms with E-state index < -0.39 is 0 Å². The minimum absolute atomic E-state index is 0.706. The maximum Gasteiger partial charge on any atom is 0.132 e. The number of benzene rings is 1. The summed E-state index contributed by atoms with van der Waals surface area (Å²) in [6.45, 7) is 3.12. The lowest BCUT2D eigenvalue weighted by Crippen LogP contribution is -2.36. The van der Waals surface area contributed by atoms with Crippen molar-refractivity contribution in [1.29, 1.82) is 0 Å². The molecule has 3 N–H and O–H groups in total. The number of aromatic nitrogens is 4. The smallest absolute Gasteiger partial charge is 0.132 e. The van der Waals surface area contributed by atoms with Crippen LogP contribution in [0.25, 0.3) is 22.3 Å². The highest BCUT2D eigenvalue weighted by Crippen LogP contribution is 2.28. The normalized spacial score (nSPS) is 15.4. The molecule has 1 aliphatic heterocycles. The van der Waals surface area contributed by atoms with Crippen LogP contribution in [0.4, 0.5) is 11.5 Å². The zero-order valence-corrected chi connectivity index (χ0v) is 12.0. The third-order valence-electron chi connectivity index (χ3n) is 3.82. The van der Waals surface area contributed by atoms with Gasteiger partial charge in [0.05, 0.1) is 24.4 Å². The van der Waals surface area contributed by atoms with Gasteiger partial charge < -0.3 is 15.4 Å². The van der Waals surface area contributed by atoms with Gasteiger partial charge in [0.1, 0.15) is 17.8 Å². The summed E-state index contributed by atoms with van der Waals surface area (Å²) in [5.41, 5.74) is 9.10. The third-order valence-corrected chi connectivity index (χ3v) is 3.82. The van der Waals surface area contributed by atoms with Gasteiger partial charge in [-0.3, -0.25) is 5.10 Å². The van der Waals surface area contributed by atoms with E-state index in [-0.39, 0.29) is 0 Å². The van der Waals surface area contributed by atoms with E-state index in [1.165, 1.54) is 0 Å².